The van der Waals surface area contributed by atoms with Gasteiger partial charge in [-0.2, -0.15) is 0 Å². The molecule has 0 aliphatic rings. The molecule has 3 heteroatoms. The van der Waals surface area contributed by atoms with Crippen LogP contribution < -0.4 is 0 Å². The molecule has 0 atom stereocenters. The van der Waals surface area contributed by atoms with E-state index in [1.54, 1.807) is 0 Å². The molecule has 2 aromatic rings. The van der Waals surface area contributed by atoms with E-state index in [2.05, 4.69) is 9.97 Å². The fourth-order valence-electron chi connectivity index (χ4n) is 1.53. The molecule has 1 N–H and O–H groups in total. The van der Waals surface area contributed by atoms with Gasteiger partial charge in [0.2, 0.25) is 0 Å². The van der Waals surface area contributed by atoms with Gasteiger partial charge in [0.1, 0.15) is 5.82 Å². The molecule has 0 spiro atoms. The summed E-state index contributed by atoms with van der Waals surface area (Å²) in [5.41, 5.74) is 0.992. The van der Waals surface area contributed by atoms with Gasteiger partial charge >= 0.3 is 0 Å². The molecule has 15 heavy (non-hydrogen) atoms. The highest BCUT2D eigenvalue weighted by molar-refractivity contribution is 5.77. The number of para-hydroxylation sites is 1. The molecule has 3 nitrogen and oxygen atoms in total. The number of nitrogens with zero attached hydrogens (tertiary/aromatic N) is 2. The number of fused-ring (bicyclic) bond motifs is 1. The number of aromatic nitrogens is 2. The second kappa shape index (κ2) is 4.84. The van der Waals surface area contributed by atoms with Crippen LogP contribution in [0.3, 0.4) is 0 Å². The summed E-state index contributed by atoms with van der Waals surface area (Å²) < 4.78 is 0. The molecule has 0 saturated heterocycles. The SMILES string of the molecule is OCCCCc1ncc2ccccc2n1. The summed E-state index contributed by atoms with van der Waals surface area (Å²) in [7, 11) is 0. The standard InChI is InChI=1S/C12H14N2O/c15-8-4-3-7-12-13-9-10-5-1-2-6-11(10)14-12/h1-2,5-6,9,15H,3-4,7-8H2. The summed E-state index contributed by atoms with van der Waals surface area (Å²) in [5, 5.41) is 9.75. The average molecular weight is 202 g/mol. The third kappa shape index (κ3) is 2.50. The number of hydrogen-bond donors (Lipinski definition) is 1. The van der Waals surface area contributed by atoms with Gasteiger partial charge in [-0.25, -0.2) is 9.97 Å². The van der Waals surface area contributed by atoms with Gasteiger partial charge in [-0.3, -0.25) is 0 Å². The van der Waals surface area contributed by atoms with Crippen LogP contribution >= 0.6 is 0 Å². The Morgan fingerprint density at radius 3 is 2.87 bits per heavy atom. The number of aliphatic hydroxyl groups is 1. The fourth-order valence-corrected chi connectivity index (χ4v) is 1.53. The van der Waals surface area contributed by atoms with E-state index >= 15 is 0 Å². The second-order valence-electron chi connectivity index (χ2n) is 3.53. The fraction of sp³-hybridized carbons (Fsp3) is 0.333. The first-order chi connectivity index (χ1) is 7.40. The summed E-state index contributed by atoms with van der Waals surface area (Å²) in [4.78, 5) is 8.74. The molecule has 2 rings (SSSR count). The van der Waals surface area contributed by atoms with Crippen LogP contribution in [0, 0.1) is 0 Å². The molecule has 0 unspecified atom stereocenters. The Kier molecular flexibility index (Phi) is 3.25. The monoisotopic (exact) mass is 202 g/mol. The molecule has 0 radical (unpaired) electrons. The predicted molar refractivity (Wildman–Crippen MR) is 59.6 cm³/mol. The molecule has 0 bridgehead atoms. The molecule has 1 aromatic carbocycles. The Balaban J connectivity index is 2.16. The zero-order valence-corrected chi connectivity index (χ0v) is 8.56. The number of unbranched alkanes of at least 4 members (excludes halogenated alkanes) is 1. The van der Waals surface area contributed by atoms with Crippen LogP contribution in [0.15, 0.2) is 30.5 Å². The maximum atomic E-state index is 8.68. The first kappa shape index (κ1) is 10.1. The molecular weight excluding hydrogens is 188 g/mol. The van der Waals surface area contributed by atoms with Crippen molar-refractivity contribution < 1.29 is 5.11 Å². The predicted octanol–water partition coefficient (Wildman–Crippen LogP) is 1.94. The second-order valence-corrected chi connectivity index (χ2v) is 3.53. The first-order valence-corrected chi connectivity index (χ1v) is 5.21. The van der Waals surface area contributed by atoms with Gasteiger partial charge in [0, 0.05) is 24.6 Å². The maximum Gasteiger partial charge on any atom is 0.128 e. The molecule has 0 aliphatic carbocycles. The Morgan fingerprint density at radius 2 is 2.00 bits per heavy atom. The van der Waals surface area contributed by atoms with Crippen LogP contribution in [0.4, 0.5) is 0 Å². The lowest BCUT2D eigenvalue weighted by Crippen LogP contribution is -1.96. The van der Waals surface area contributed by atoms with Gasteiger partial charge in [-0.05, 0) is 18.9 Å². The summed E-state index contributed by atoms with van der Waals surface area (Å²) in [5.74, 6) is 0.863. The van der Waals surface area contributed by atoms with Crippen LogP contribution in [-0.4, -0.2) is 21.7 Å². The average Bonchev–Trinajstić information content (AvgIpc) is 2.29. The molecule has 78 valence electrons. The van der Waals surface area contributed by atoms with Crippen molar-refractivity contribution in [3.05, 3.63) is 36.3 Å². The van der Waals surface area contributed by atoms with Crippen molar-refractivity contribution in [2.45, 2.75) is 19.3 Å². The molecule has 0 aliphatic heterocycles. The highest BCUT2D eigenvalue weighted by Gasteiger charge is 1.98. The zero-order chi connectivity index (χ0) is 10.5. The summed E-state index contributed by atoms with van der Waals surface area (Å²) in [6, 6.07) is 7.96. The molecule has 1 heterocycles. The van der Waals surface area contributed by atoms with E-state index in [1.807, 2.05) is 30.5 Å². The minimum absolute atomic E-state index is 0.244. The van der Waals surface area contributed by atoms with E-state index in [9.17, 15) is 0 Å². The van der Waals surface area contributed by atoms with Crippen molar-refractivity contribution in [3.8, 4) is 0 Å². The molecule has 0 saturated carbocycles. The van der Waals surface area contributed by atoms with Crippen LogP contribution in [0.5, 0.6) is 0 Å². The topological polar surface area (TPSA) is 46.0 Å². The smallest absolute Gasteiger partial charge is 0.128 e. The van der Waals surface area contributed by atoms with Crippen LogP contribution in [0.1, 0.15) is 18.7 Å². The van der Waals surface area contributed by atoms with Crippen LogP contribution in [0.25, 0.3) is 10.9 Å². The first-order valence-electron chi connectivity index (χ1n) is 5.21. The third-order valence-corrected chi connectivity index (χ3v) is 2.35. The quantitative estimate of drug-likeness (QED) is 0.771. The van der Waals surface area contributed by atoms with Crippen LogP contribution in [0.2, 0.25) is 0 Å². The highest BCUT2D eigenvalue weighted by atomic mass is 16.2. The lowest BCUT2D eigenvalue weighted by Gasteiger charge is -2.01. The van der Waals surface area contributed by atoms with Gasteiger partial charge in [-0.15, -0.1) is 0 Å². The number of aliphatic hydroxyl groups excluding tert-OH is 1. The molecule has 0 fully saturated rings. The Bertz CT molecular complexity index is 442. The van der Waals surface area contributed by atoms with Gasteiger partial charge in [-0.1, -0.05) is 18.2 Å². The van der Waals surface area contributed by atoms with Crippen molar-refractivity contribution in [2.75, 3.05) is 6.61 Å². The zero-order valence-electron chi connectivity index (χ0n) is 8.56. The van der Waals surface area contributed by atoms with Gasteiger partial charge in [0.25, 0.3) is 0 Å². The third-order valence-electron chi connectivity index (χ3n) is 2.35. The van der Waals surface area contributed by atoms with Crippen molar-refractivity contribution in [1.29, 1.82) is 0 Å². The van der Waals surface area contributed by atoms with Gasteiger partial charge in [0.05, 0.1) is 5.52 Å². The van der Waals surface area contributed by atoms with E-state index in [0.717, 1.165) is 36.0 Å². The van der Waals surface area contributed by atoms with Crippen molar-refractivity contribution >= 4 is 10.9 Å². The van der Waals surface area contributed by atoms with Crippen molar-refractivity contribution in [2.24, 2.45) is 0 Å². The lowest BCUT2D eigenvalue weighted by molar-refractivity contribution is 0.284. The van der Waals surface area contributed by atoms with E-state index in [0.29, 0.717) is 0 Å². The molecule has 0 amide bonds. The Hall–Kier alpha value is -1.48. The van der Waals surface area contributed by atoms with E-state index in [1.165, 1.54) is 0 Å². The molecule has 1 aromatic heterocycles. The highest BCUT2D eigenvalue weighted by Crippen LogP contribution is 2.10. The Labute approximate surface area is 88.8 Å². The molecular formula is C12H14N2O. The summed E-state index contributed by atoms with van der Waals surface area (Å²) in [6.45, 7) is 0.244. The number of rotatable bonds is 4. The minimum Gasteiger partial charge on any atom is -0.396 e. The Morgan fingerprint density at radius 1 is 1.13 bits per heavy atom. The number of hydrogen-bond acceptors (Lipinski definition) is 3. The number of aryl methyl sites for hydroxylation is 1. The van der Waals surface area contributed by atoms with Crippen LogP contribution in [-0.2, 0) is 6.42 Å². The van der Waals surface area contributed by atoms with Gasteiger partial charge in [0.15, 0.2) is 0 Å². The minimum atomic E-state index is 0.244. The normalized spacial score (nSPS) is 10.7. The van der Waals surface area contributed by atoms with E-state index in [-0.39, 0.29) is 6.61 Å². The van der Waals surface area contributed by atoms with E-state index in [4.69, 9.17) is 5.11 Å². The summed E-state index contributed by atoms with van der Waals surface area (Å²) >= 11 is 0. The lowest BCUT2D eigenvalue weighted by atomic mass is 10.2. The largest absolute Gasteiger partial charge is 0.396 e. The maximum absolute atomic E-state index is 8.68. The van der Waals surface area contributed by atoms with Crippen molar-refractivity contribution in [1.82, 2.24) is 9.97 Å². The van der Waals surface area contributed by atoms with E-state index < -0.39 is 0 Å². The van der Waals surface area contributed by atoms with Gasteiger partial charge < -0.3 is 5.11 Å². The summed E-state index contributed by atoms with van der Waals surface area (Å²) in [6.07, 6.45) is 4.45. The van der Waals surface area contributed by atoms with Crippen molar-refractivity contribution in [3.63, 3.8) is 0 Å². The number of benzene rings is 1.